The maximum Gasteiger partial charge on any atom is 0.164 e. The first-order valence-corrected chi connectivity index (χ1v) is 14.7. The van der Waals surface area contributed by atoms with Gasteiger partial charge in [-0.15, -0.1) is 0 Å². The summed E-state index contributed by atoms with van der Waals surface area (Å²) in [5, 5.41) is -1.86. The Morgan fingerprint density at radius 1 is 0.500 bits per heavy atom. The summed E-state index contributed by atoms with van der Waals surface area (Å²) in [5.74, 6) is 0.239. The Balaban J connectivity index is 1.38. The fourth-order valence-electron chi connectivity index (χ4n) is 5.84. The summed E-state index contributed by atoms with van der Waals surface area (Å²) in [6.45, 7) is 0. The van der Waals surface area contributed by atoms with E-state index in [1.54, 1.807) is 48.5 Å². The third-order valence-corrected chi connectivity index (χ3v) is 7.99. The Labute approximate surface area is 297 Å². The van der Waals surface area contributed by atoms with Crippen molar-refractivity contribution < 1.29 is 26.3 Å². The SMILES string of the molecule is [2H]c1c([2H])c(-c2nc(-c3ccccc3)nc(-c3ccccc3)n2)c2c(oc3c([2H])c(-n4c5c([2H])c([2H])c([2H])c([2H])c5c5c([2H])c6c([2H])c([2H])c([2H])c([2H])c6c([2H])c54)c([2H])c([2H])c32)c1[2H]. The van der Waals surface area contributed by atoms with Crippen molar-refractivity contribution >= 4 is 54.5 Å². The van der Waals surface area contributed by atoms with Gasteiger partial charge in [-0.3, -0.25) is 0 Å². The minimum atomic E-state index is -0.753. The van der Waals surface area contributed by atoms with E-state index in [-0.39, 0.29) is 50.2 Å². The van der Waals surface area contributed by atoms with Crippen LogP contribution in [0.1, 0.15) is 21.9 Å². The van der Waals surface area contributed by atoms with Gasteiger partial charge in [0.2, 0.25) is 0 Å². The van der Waals surface area contributed by atoms with Crippen LogP contribution in [-0.2, 0) is 0 Å². The van der Waals surface area contributed by atoms with E-state index in [0.717, 1.165) is 4.57 Å². The molecule has 48 heavy (non-hydrogen) atoms. The molecule has 5 heteroatoms. The van der Waals surface area contributed by atoms with Gasteiger partial charge in [0, 0.05) is 50.0 Å². The molecule has 7 aromatic carbocycles. The Morgan fingerprint density at radius 3 is 1.92 bits per heavy atom. The molecule has 10 aromatic rings. The number of furan rings is 1. The largest absolute Gasteiger partial charge is 0.456 e. The van der Waals surface area contributed by atoms with E-state index in [2.05, 4.69) is 0 Å². The molecule has 0 atom stereocenters. The van der Waals surface area contributed by atoms with Crippen molar-refractivity contribution in [2.24, 2.45) is 0 Å². The number of benzene rings is 7. The lowest BCUT2D eigenvalue weighted by Crippen LogP contribution is -2.00. The smallest absolute Gasteiger partial charge is 0.164 e. The molecule has 0 amide bonds. The summed E-state index contributed by atoms with van der Waals surface area (Å²) in [6, 6.07) is 7.12. The molecule has 0 saturated carbocycles. The maximum absolute atomic E-state index is 9.69. The van der Waals surface area contributed by atoms with Gasteiger partial charge in [0.05, 0.1) is 33.0 Å². The number of aromatic nitrogens is 4. The molecular weight excluding hydrogens is 589 g/mol. The normalized spacial score (nSPS) is 16.4. The van der Waals surface area contributed by atoms with Crippen molar-refractivity contribution in [3.63, 3.8) is 0 Å². The van der Waals surface area contributed by atoms with Crippen molar-refractivity contribution in [2.45, 2.75) is 0 Å². The predicted molar refractivity (Wildman–Crippen MR) is 195 cm³/mol. The Morgan fingerprint density at radius 2 is 1.17 bits per heavy atom. The Kier molecular flexibility index (Phi) is 3.35. The Hall–Kier alpha value is -6.59. The number of para-hydroxylation sites is 1. The van der Waals surface area contributed by atoms with Gasteiger partial charge in [-0.25, -0.2) is 15.0 Å². The molecule has 0 saturated heterocycles. The van der Waals surface area contributed by atoms with Gasteiger partial charge in [0.15, 0.2) is 17.5 Å². The van der Waals surface area contributed by atoms with Gasteiger partial charge < -0.3 is 8.98 Å². The van der Waals surface area contributed by atoms with Gasteiger partial charge in [0.25, 0.3) is 0 Å². The summed E-state index contributed by atoms with van der Waals surface area (Å²) < 4.78 is 151. The fraction of sp³-hybridized carbons (Fsp3) is 0. The average molecular weight is 631 g/mol. The molecule has 3 aromatic heterocycles. The second-order valence-electron chi connectivity index (χ2n) is 10.8. The highest BCUT2D eigenvalue weighted by molar-refractivity contribution is 6.15. The predicted octanol–water partition coefficient (Wildman–Crippen LogP) is 11.0. The molecule has 0 fully saturated rings. The zero-order valence-corrected chi connectivity index (χ0v) is 24.5. The number of nitrogens with zero attached hydrogens (tertiary/aromatic N) is 4. The molecule has 0 radical (unpaired) electrons. The lowest BCUT2D eigenvalue weighted by molar-refractivity contribution is 0.668. The van der Waals surface area contributed by atoms with E-state index < -0.39 is 130 Å². The first kappa shape index (κ1) is 15.3. The van der Waals surface area contributed by atoms with Gasteiger partial charge >= 0.3 is 0 Å². The first-order valence-electron chi connectivity index (χ1n) is 22.7. The van der Waals surface area contributed by atoms with Crippen molar-refractivity contribution in [1.82, 2.24) is 19.5 Å². The highest BCUT2D eigenvalue weighted by Crippen LogP contribution is 2.39. The summed E-state index contributed by atoms with van der Waals surface area (Å²) in [4.78, 5) is 14.1. The number of fused-ring (bicyclic) bond motifs is 7. The van der Waals surface area contributed by atoms with Crippen molar-refractivity contribution in [1.29, 1.82) is 0 Å². The number of hydrogen-bond acceptors (Lipinski definition) is 4. The monoisotopic (exact) mass is 630 g/mol. The van der Waals surface area contributed by atoms with Crippen LogP contribution in [0, 0.1) is 0 Å². The van der Waals surface area contributed by atoms with E-state index in [4.69, 9.17) is 33.1 Å². The van der Waals surface area contributed by atoms with Crippen LogP contribution in [0.3, 0.4) is 0 Å². The lowest BCUT2D eigenvalue weighted by atomic mass is 10.0. The topological polar surface area (TPSA) is 56.7 Å². The quantitative estimate of drug-likeness (QED) is 0.194. The molecule has 0 aliphatic heterocycles. The molecule has 0 N–H and O–H groups in total. The molecule has 0 aliphatic carbocycles. The van der Waals surface area contributed by atoms with Crippen LogP contribution in [-0.4, -0.2) is 19.5 Å². The lowest BCUT2D eigenvalue weighted by Gasteiger charge is -2.09. The second-order valence-corrected chi connectivity index (χ2v) is 10.8. The highest BCUT2D eigenvalue weighted by atomic mass is 16.3. The Bertz CT molecular complexity index is 3690. The average Bonchev–Trinajstić information content (AvgIpc) is 3.87. The van der Waals surface area contributed by atoms with Gasteiger partial charge in [-0.1, -0.05) is 115 Å². The molecule has 0 unspecified atom stereocenters. The molecular formula is C43H26N4O. The summed E-state index contributed by atoms with van der Waals surface area (Å²) in [5.41, 5.74) is -1.18. The minimum absolute atomic E-state index is 0.135. The van der Waals surface area contributed by atoms with Gasteiger partial charge in [0.1, 0.15) is 11.2 Å². The van der Waals surface area contributed by atoms with Crippen LogP contribution in [0.25, 0.3) is 94.4 Å². The van der Waals surface area contributed by atoms with Gasteiger partial charge in [-0.05, 0) is 47.0 Å². The first-order chi connectivity index (χ1) is 30.5. The molecule has 224 valence electrons. The van der Waals surface area contributed by atoms with E-state index >= 15 is 0 Å². The van der Waals surface area contributed by atoms with Crippen molar-refractivity contribution in [2.75, 3.05) is 0 Å². The third kappa shape index (κ3) is 4.15. The van der Waals surface area contributed by atoms with Gasteiger partial charge in [-0.2, -0.15) is 0 Å². The minimum Gasteiger partial charge on any atom is -0.456 e. The molecule has 5 nitrogen and oxygen atoms in total. The summed E-state index contributed by atoms with van der Waals surface area (Å²) >= 11 is 0. The molecule has 3 heterocycles. The number of rotatable bonds is 4. The molecule has 10 rings (SSSR count). The number of hydrogen-bond donors (Lipinski definition) is 0. The summed E-state index contributed by atoms with van der Waals surface area (Å²) in [6.07, 6.45) is 0. The third-order valence-electron chi connectivity index (χ3n) is 7.99. The van der Waals surface area contributed by atoms with Crippen molar-refractivity contribution in [3.8, 4) is 39.9 Å². The van der Waals surface area contributed by atoms with Crippen LogP contribution >= 0.6 is 0 Å². The van der Waals surface area contributed by atoms with Crippen LogP contribution in [0.2, 0.25) is 0 Å². The van der Waals surface area contributed by atoms with Crippen LogP contribution in [0.5, 0.6) is 0 Å². The zero-order valence-electron chi connectivity index (χ0n) is 40.5. The van der Waals surface area contributed by atoms with E-state index in [1.165, 1.54) is 0 Å². The second kappa shape index (κ2) is 10.5. The van der Waals surface area contributed by atoms with Crippen molar-refractivity contribution in [3.05, 3.63) is 157 Å². The molecule has 0 aliphatic rings. The van der Waals surface area contributed by atoms with Crippen LogP contribution in [0.15, 0.2) is 162 Å². The van der Waals surface area contributed by atoms with Crippen LogP contribution in [0.4, 0.5) is 0 Å². The van der Waals surface area contributed by atoms with E-state index in [9.17, 15) is 8.22 Å². The van der Waals surface area contributed by atoms with E-state index in [1.807, 2.05) is 12.1 Å². The fourth-order valence-corrected chi connectivity index (χ4v) is 5.84. The molecule has 0 spiro atoms. The molecule has 0 bridgehead atoms. The van der Waals surface area contributed by atoms with Crippen LogP contribution < -0.4 is 0 Å². The summed E-state index contributed by atoms with van der Waals surface area (Å²) in [7, 11) is 0. The maximum atomic E-state index is 9.69. The highest BCUT2D eigenvalue weighted by Gasteiger charge is 2.19. The zero-order chi connectivity index (χ0) is 45.5. The standard InChI is InChI=1S/C43H26N4O/c1-3-12-27(13-4-1)41-44-42(28-14-5-2-6-15-28)46-43(45-41)34-19-11-21-38-40(34)33-23-22-31(26-39(33)48-38)47-36-20-10-9-18-32(36)35-24-29-16-7-8-17-30(29)25-37(35)47/h1-26H/i7D,8D,9D,10D,11D,16D,17D,18D,19D,20D,21D,22D,23D,24D,25D,26D. The van der Waals surface area contributed by atoms with E-state index in [0.29, 0.717) is 11.1 Å².